The molecule has 1 amide bonds. The molecule has 2 aromatic carbocycles. The lowest BCUT2D eigenvalue weighted by atomic mass is 10.2. The maximum atomic E-state index is 13.8. The third kappa shape index (κ3) is 5.52. The molecular weight excluding hydrogens is 454 g/mol. The molecule has 0 spiro atoms. The fraction of sp³-hybridized carbons (Fsp3) is 0.167. The van der Waals surface area contributed by atoms with Gasteiger partial charge >= 0.3 is 0 Å². The van der Waals surface area contributed by atoms with Crippen molar-refractivity contribution in [1.82, 2.24) is 15.2 Å². The SMILES string of the molecule is Cc1cccc(OCc2nc(SCC(=O)Nc3c(F)cc(F)cc3Br)n[nH]2)c1. The molecule has 0 aliphatic rings. The quantitative estimate of drug-likeness (QED) is 0.500. The lowest BCUT2D eigenvalue weighted by Gasteiger charge is -2.08. The van der Waals surface area contributed by atoms with Crippen LogP contribution < -0.4 is 10.1 Å². The third-order valence-corrected chi connectivity index (χ3v) is 4.95. The average Bonchev–Trinajstić information content (AvgIpc) is 3.09. The number of aryl methyl sites for hydroxylation is 1. The summed E-state index contributed by atoms with van der Waals surface area (Å²) in [5, 5.41) is 9.50. The molecule has 28 heavy (non-hydrogen) atoms. The van der Waals surface area contributed by atoms with E-state index in [1.54, 1.807) is 0 Å². The van der Waals surface area contributed by atoms with Crippen LogP contribution in [0.2, 0.25) is 0 Å². The number of aromatic nitrogens is 3. The summed E-state index contributed by atoms with van der Waals surface area (Å²) in [6.45, 7) is 2.17. The van der Waals surface area contributed by atoms with Crippen molar-refractivity contribution in [3.8, 4) is 5.75 Å². The summed E-state index contributed by atoms with van der Waals surface area (Å²) in [6.07, 6.45) is 0. The number of benzene rings is 2. The summed E-state index contributed by atoms with van der Waals surface area (Å²) in [6, 6.07) is 9.38. The highest BCUT2D eigenvalue weighted by Crippen LogP contribution is 2.27. The first-order valence-corrected chi connectivity index (χ1v) is 9.86. The molecule has 0 unspecified atom stereocenters. The largest absolute Gasteiger partial charge is 0.486 e. The van der Waals surface area contributed by atoms with Crippen molar-refractivity contribution in [3.63, 3.8) is 0 Å². The van der Waals surface area contributed by atoms with E-state index in [1.165, 1.54) is 0 Å². The number of carbonyl (C=O) groups excluding carboxylic acids is 1. The summed E-state index contributed by atoms with van der Waals surface area (Å²) >= 11 is 4.10. The van der Waals surface area contributed by atoms with E-state index < -0.39 is 17.5 Å². The van der Waals surface area contributed by atoms with E-state index in [1.807, 2.05) is 31.2 Å². The molecule has 2 N–H and O–H groups in total. The number of nitrogens with one attached hydrogen (secondary N) is 2. The Kier molecular flexibility index (Phi) is 6.63. The molecule has 3 rings (SSSR count). The van der Waals surface area contributed by atoms with Gasteiger partial charge in [0.05, 0.1) is 11.4 Å². The van der Waals surface area contributed by atoms with Gasteiger partial charge in [0.15, 0.2) is 11.6 Å². The molecule has 0 saturated carbocycles. The number of anilines is 1. The number of amides is 1. The van der Waals surface area contributed by atoms with Crippen LogP contribution in [0, 0.1) is 18.6 Å². The summed E-state index contributed by atoms with van der Waals surface area (Å²) in [4.78, 5) is 16.3. The number of aromatic amines is 1. The van der Waals surface area contributed by atoms with Crippen molar-refractivity contribution in [3.05, 3.63) is 63.9 Å². The van der Waals surface area contributed by atoms with Crippen molar-refractivity contribution < 1.29 is 18.3 Å². The first-order chi connectivity index (χ1) is 13.4. The Morgan fingerprint density at radius 3 is 2.89 bits per heavy atom. The van der Waals surface area contributed by atoms with Gasteiger partial charge in [-0.25, -0.2) is 13.8 Å². The standard InChI is InChI=1S/C18H15BrF2N4O2S/c1-10-3-2-4-12(5-10)27-8-15-22-18(25-24-15)28-9-16(26)23-17-13(19)6-11(20)7-14(17)21/h2-7H,8-9H2,1H3,(H,23,26)(H,22,24,25). The van der Waals surface area contributed by atoms with Gasteiger partial charge in [-0.3, -0.25) is 9.89 Å². The fourth-order valence-corrected chi connectivity index (χ4v) is 3.36. The zero-order chi connectivity index (χ0) is 20.1. The van der Waals surface area contributed by atoms with E-state index in [0.29, 0.717) is 17.0 Å². The van der Waals surface area contributed by atoms with Gasteiger partial charge < -0.3 is 10.1 Å². The molecule has 1 aromatic heterocycles. The van der Waals surface area contributed by atoms with Crippen LogP contribution in [0.5, 0.6) is 5.75 Å². The Hall–Kier alpha value is -2.46. The number of nitrogens with zero attached hydrogens (tertiary/aromatic N) is 2. The molecule has 0 aliphatic carbocycles. The van der Waals surface area contributed by atoms with Crippen LogP contribution in [0.1, 0.15) is 11.4 Å². The van der Waals surface area contributed by atoms with Crippen molar-refractivity contribution in [2.24, 2.45) is 0 Å². The zero-order valence-electron chi connectivity index (χ0n) is 14.6. The third-order valence-electron chi connectivity index (χ3n) is 3.48. The van der Waals surface area contributed by atoms with Gasteiger partial charge in [-0.1, -0.05) is 23.9 Å². The van der Waals surface area contributed by atoms with Crippen molar-refractivity contribution >= 4 is 39.3 Å². The minimum absolute atomic E-state index is 0.0424. The Morgan fingerprint density at radius 2 is 2.14 bits per heavy atom. The highest BCUT2D eigenvalue weighted by Gasteiger charge is 2.14. The Balaban J connectivity index is 1.51. The maximum absolute atomic E-state index is 13.8. The Morgan fingerprint density at radius 1 is 1.32 bits per heavy atom. The van der Waals surface area contributed by atoms with Crippen LogP contribution >= 0.6 is 27.7 Å². The Bertz CT molecular complexity index is 976. The number of halogens is 3. The van der Waals surface area contributed by atoms with E-state index in [-0.39, 0.29) is 22.5 Å². The van der Waals surface area contributed by atoms with Crippen LogP contribution in [0.15, 0.2) is 46.0 Å². The number of thioether (sulfide) groups is 1. The molecule has 1 heterocycles. The zero-order valence-corrected chi connectivity index (χ0v) is 17.0. The van der Waals surface area contributed by atoms with Crippen LogP contribution in [0.3, 0.4) is 0 Å². The van der Waals surface area contributed by atoms with E-state index >= 15 is 0 Å². The predicted octanol–water partition coefficient (Wildman–Crippen LogP) is 4.46. The highest BCUT2D eigenvalue weighted by molar-refractivity contribution is 9.10. The van der Waals surface area contributed by atoms with E-state index in [0.717, 1.165) is 29.1 Å². The second kappa shape index (κ2) is 9.16. The molecule has 0 radical (unpaired) electrons. The number of hydrogen-bond donors (Lipinski definition) is 2. The number of rotatable bonds is 7. The van der Waals surface area contributed by atoms with Crippen LogP contribution in [-0.2, 0) is 11.4 Å². The lowest BCUT2D eigenvalue weighted by molar-refractivity contribution is -0.113. The molecule has 0 aliphatic heterocycles. The van der Waals surface area contributed by atoms with Gasteiger partial charge in [-0.15, -0.1) is 5.10 Å². The smallest absolute Gasteiger partial charge is 0.234 e. The van der Waals surface area contributed by atoms with Gasteiger partial charge in [0.1, 0.15) is 18.2 Å². The molecule has 146 valence electrons. The second-order valence-electron chi connectivity index (χ2n) is 5.75. The van der Waals surface area contributed by atoms with Gasteiger partial charge in [-0.2, -0.15) is 0 Å². The summed E-state index contributed by atoms with van der Waals surface area (Å²) in [5.41, 5.74) is 0.968. The molecular formula is C18H15BrF2N4O2S. The van der Waals surface area contributed by atoms with E-state index in [2.05, 4.69) is 36.4 Å². The van der Waals surface area contributed by atoms with Crippen LogP contribution in [0.25, 0.3) is 0 Å². The van der Waals surface area contributed by atoms with E-state index in [4.69, 9.17) is 4.74 Å². The summed E-state index contributed by atoms with van der Waals surface area (Å²) in [5.74, 6) is -0.886. The molecule has 0 atom stereocenters. The maximum Gasteiger partial charge on any atom is 0.234 e. The number of ether oxygens (including phenoxy) is 1. The van der Waals surface area contributed by atoms with Gasteiger partial charge in [0, 0.05) is 10.5 Å². The normalized spacial score (nSPS) is 10.7. The van der Waals surface area contributed by atoms with Crippen LogP contribution in [-0.4, -0.2) is 26.8 Å². The first-order valence-electron chi connectivity index (χ1n) is 8.08. The molecule has 0 saturated heterocycles. The molecule has 6 nitrogen and oxygen atoms in total. The topological polar surface area (TPSA) is 79.9 Å². The summed E-state index contributed by atoms with van der Waals surface area (Å²) in [7, 11) is 0. The van der Waals surface area contributed by atoms with Gasteiger partial charge in [0.2, 0.25) is 11.1 Å². The second-order valence-corrected chi connectivity index (χ2v) is 7.55. The number of carbonyl (C=O) groups is 1. The first kappa shape index (κ1) is 20.3. The fourth-order valence-electron chi connectivity index (χ4n) is 2.23. The van der Waals surface area contributed by atoms with Gasteiger partial charge in [-0.05, 0) is 46.6 Å². The molecule has 0 bridgehead atoms. The number of H-pyrrole nitrogens is 1. The lowest BCUT2D eigenvalue weighted by Crippen LogP contribution is -2.15. The predicted molar refractivity (Wildman–Crippen MR) is 105 cm³/mol. The molecule has 10 heteroatoms. The van der Waals surface area contributed by atoms with Crippen molar-refractivity contribution in [2.45, 2.75) is 18.7 Å². The number of hydrogen-bond acceptors (Lipinski definition) is 5. The molecule has 3 aromatic rings. The Labute approximate surface area is 172 Å². The van der Waals surface area contributed by atoms with Gasteiger partial charge in [0.25, 0.3) is 0 Å². The monoisotopic (exact) mass is 468 g/mol. The minimum Gasteiger partial charge on any atom is -0.486 e. The van der Waals surface area contributed by atoms with Crippen molar-refractivity contribution in [2.75, 3.05) is 11.1 Å². The van der Waals surface area contributed by atoms with Crippen molar-refractivity contribution in [1.29, 1.82) is 0 Å². The van der Waals surface area contributed by atoms with E-state index in [9.17, 15) is 13.6 Å². The summed E-state index contributed by atoms with van der Waals surface area (Å²) < 4.78 is 32.6. The molecule has 0 fully saturated rings. The highest BCUT2D eigenvalue weighted by atomic mass is 79.9. The minimum atomic E-state index is -0.862. The van der Waals surface area contributed by atoms with Crippen LogP contribution in [0.4, 0.5) is 14.5 Å². The average molecular weight is 469 g/mol.